The van der Waals surface area contributed by atoms with Gasteiger partial charge < -0.3 is 10.2 Å². The zero-order valence-corrected chi connectivity index (χ0v) is 15.3. The monoisotopic (exact) mass is 347 g/mol. The largest absolute Gasteiger partial charge is 0.351 e. The smallest absolute Gasteiger partial charge is 0.236 e. The van der Waals surface area contributed by atoms with E-state index in [2.05, 4.69) is 33.9 Å². The Balaban J connectivity index is 1.67. The van der Waals surface area contributed by atoms with Gasteiger partial charge in [-0.15, -0.1) is 0 Å². The highest BCUT2D eigenvalue weighted by Gasteiger charge is 2.23. The molecule has 1 N–H and O–H groups in total. The lowest BCUT2D eigenvalue weighted by Crippen LogP contribution is -2.52. The third-order valence-corrected chi connectivity index (χ3v) is 4.56. The van der Waals surface area contributed by atoms with Crippen molar-refractivity contribution in [2.24, 2.45) is 0 Å². The SMILES string of the molecule is CCN(CC)CC(=O)N1CCN(CC(=O)NCc2cccnc2)CC1. The number of nitrogens with one attached hydrogen (secondary N) is 1. The first kappa shape index (κ1) is 19.3. The second-order valence-corrected chi connectivity index (χ2v) is 6.26. The molecule has 0 saturated carbocycles. The molecule has 7 heteroatoms. The summed E-state index contributed by atoms with van der Waals surface area (Å²) in [6.45, 7) is 10.1. The van der Waals surface area contributed by atoms with Crippen LogP contribution < -0.4 is 5.32 Å². The van der Waals surface area contributed by atoms with Gasteiger partial charge in [0.2, 0.25) is 11.8 Å². The highest BCUT2D eigenvalue weighted by Crippen LogP contribution is 2.03. The van der Waals surface area contributed by atoms with E-state index in [0.717, 1.165) is 31.7 Å². The Morgan fingerprint density at radius 2 is 1.92 bits per heavy atom. The molecule has 0 aliphatic carbocycles. The summed E-state index contributed by atoms with van der Waals surface area (Å²) in [5.41, 5.74) is 0.989. The van der Waals surface area contributed by atoms with E-state index in [0.29, 0.717) is 32.7 Å². The molecule has 2 rings (SSSR count). The van der Waals surface area contributed by atoms with E-state index in [4.69, 9.17) is 0 Å². The van der Waals surface area contributed by atoms with E-state index >= 15 is 0 Å². The fraction of sp³-hybridized carbons (Fsp3) is 0.611. The van der Waals surface area contributed by atoms with E-state index in [-0.39, 0.29) is 11.8 Å². The van der Waals surface area contributed by atoms with E-state index in [1.807, 2.05) is 17.0 Å². The number of hydrogen-bond donors (Lipinski definition) is 1. The van der Waals surface area contributed by atoms with Crippen LogP contribution in [0.5, 0.6) is 0 Å². The molecule has 1 saturated heterocycles. The molecule has 25 heavy (non-hydrogen) atoms. The Kier molecular flexibility index (Phi) is 7.81. The average molecular weight is 347 g/mol. The van der Waals surface area contributed by atoms with Crippen LogP contribution in [0.15, 0.2) is 24.5 Å². The van der Waals surface area contributed by atoms with Crippen LogP contribution in [0.2, 0.25) is 0 Å². The quantitative estimate of drug-likeness (QED) is 0.727. The van der Waals surface area contributed by atoms with Crippen molar-refractivity contribution in [3.8, 4) is 0 Å². The van der Waals surface area contributed by atoms with E-state index in [1.165, 1.54) is 0 Å². The summed E-state index contributed by atoms with van der Waals surface area (Å²) in [7, 11) is 0. The molecule has 0 bridgehead atoms. The number of nitrogens with zero attached hydrogens (tertiary/aromatic N) is 4. The lowest BCUT2D eigenvalue weighted by molar-refractivity contribution is -0.134. The molecule has 0 atom stereocenters. The van der Waals surface area contributed by atoms with Gasteiger partial charge in [0.15, 0.2) is 0 Å². The second kappa shape index (κ2) is 10.1. The molecule has 1 fully saturated rings. The van der Waals surface area contributed by atoms with Gasteiger partial charge in [-0.25, -0.2) is 0 Å². The number of carbonyl (C=O) groups excluding carboxylic acids is 2. The maximum atomic E-state index is 12.3. The van der Waals surface area contributed by atoms with E-state index in [1.54, 1.807) is 12.4 Å². The molecule has 0 unspecified atom stereocenters. The van der Waals surface area contributed by atoms with Gasteiger partial charge >= 0.3 is 0 Å². The molecular weight excluding hydrogens is 318 g/mol. The van der Waals surface area contributed by atoms with Crippen molar-refractivity contribution in [1.82, 2.24) is 25.0 Å². The first-order chi connectivity index (χ1) is 12.1. The minimum Gasteiger partial charge on any atom is -0.351 e. The maximum absolute atomic E-state index is 12.3. The molecular formula is C18H29N5O2. The molecule has 2 heterocycles. The minimum atomic E-state index is 0.00627. The lowest BCUT2D eigenvalue weighted by Gasteiger charge is -2.35. The summed E-state index contributed by atoms with van der Waals surface area (Å²) < 4.78 is 0. The van der Waals surface area contributed by atoms with Gasteiger partial charge in [-0.1, -0.05) is 19.9 Å². The first-order valence-corrected chi connectivity index (χ1v) is 9.00. The molecule has 0 spiro atoms. The molecule has 2 amide bonds. The Morgan fingerprint density at radius 3 is 2.52 bits per heavy atom. The highest BCUT2D eigenvalue weighted by atomic mass is 16.2. The molecule has 0 aromatic carbocycles. The van der Waals surface area contributed by atoms with Crippen molar-refractivity contribution < 1.29 is 9.59 Å². The Morgan fingerprint density at radius 1 is 1.20 bits per heavy atom. The van der Waals surface area contributed by atoms with Crippen molar-refractivity contribution in [3.05, 3.63) is 30.1 Å². The van der Waals surface area contributed by atoms with Crippen molar-refractivity contribution >= 4 is 11.8 Å². The normalized spacial score (nSPS) is 15.4. The van der Waals surface area contributed by atoms with Crippen molar-refractivity contribution in [1.29, 1.82) is 0 Å². The van der Waals surface area contributed by atoms with E-state index in [9.17, 15) is 9.59 Å². The molecule has 1 aliphatic heterocycles. The number of hydrogen-bond acceptors (Lipinski definition) is 5. The van der Waals surface area contributed by atoms with Crippen molar-refractivity contribution in [3.63, 3.8) is 0 Å². The van der Waals surface area contributed by atoms with Crippen LogP contribution in [0.25, 0.3) is 0 Å². The van der Waals surface area contributed by atoms with Gasteiger partial charge in [-0.2, -0.15) is 0 Å². The second-order valence-electron chi connectivity index (χ2n) is 6.26. The number of piperazine rings is 1. The Bertz CT molecular complexity index is 540. The van der Waals surface area contributed by atoms with Crippen LogP contribution in [-0.2, 0) is 16.1 Å². The summed E-state index contributed by atoms with van der Waals surface area (Å²) in [5, 5.41) is 2.91. The third kappa shape index (κ3) is 6.43. The summed E-state index contributed by atoms with van der Waals surface area (Å²) in [5.74, 6) is 0.191. The molecule has 0 radical (unpaired) electrons. The van der Waals surface area contributed by atoms with Crippen molar-refractivity contribution in [2.45, 2.75) is 20.4 Å². The first-order valence-electron chi connectivity index (χ1n) is 9.00. The van der Waals surface area contributed by atoms with Gasteiger partial charge in [-0.3, -0.25) is 24.4 Å². The average Bonchev–Trinajstić information content (AvgIpc) is 2.65. The molecule has 1 aromatic heterocycles. The molecule has 7 nitrogen and oxygen atoms in total. The fourth-order valence-corrected chi connectivity index (χ4v) is 2.86. The summed E-state index contributed by atoms with van der Waals surface area (Å²) >= 11 is 0. The summed E-state index contributed by atoms with van der Waals surface area (Å²) in [6, 6.07) is 3.80. The predicted octanol–water partition coefficient (Wildman–Crippen LogP) is 0.184. The van der Waals surface area contributed by atoms with Crippen LogP contribution in [-0.4, -0.2) is 83.9 Å². The molecule has 1 aromatic rings. The summed E-state index contributed by atoms with van der Waals surface area (Å²) in [4.78, 5) is 34.5. The maximum Gasteiger partial charge on any atom is 0.236 e. The zero-order valence-electron chi connectivity index (χ0n) is 15.3. The van der Waals surface area contributed by atoms with E-state index < -0.39 is 0 Å². The minimum absolute atomic E-state index is 0.00627. The molecule has 138 valence electrons. The highest BCUT2D eigenvalue weighted by molar-refractivity contribution is 5.79. The number of amides is 2. The third-order valence-electron chi connectivity index (χ3n) is 4.56. The Labute approximate surface area is 150 Å². The van der Waals surface area contributed by atoms with Crippen LogP contribution in [0.3, 0.4) is 0 Å². The standard InChI is InChI=1S/C18H29N5O2/c1-3-21(4-2)15-18(25)23-10-8-22(9-11-23)14-17(24)20-13-16-6-5-7-19-12-16/h5-7,12H,3-4,8-11,13-15H2,1-2H3,(H,20,24). The number of pyridine rings is 1. The fourth-order valence-electron chi connectivity index (χ4n) is 2.86. The Hall–Kier alpha value is -1.99. The number of likely N-dealkylation sites (N-methyl/N-ethyl adjacent to an activating group) is 1. The van der Waals surface area contributed by atoms with Gasteiger partial charge in [0.1, 0.15) is 0 Å². The predicted molar refractivity (Wildman–Crippen MR) is 96.9 cm³/mol. The summed E-state index contributed by atoms with van der Waals surface area (Å²) in [6.07, 6.45) is 3.47. The van der Waals surface area contributed by atoms with Crippen molar-refractivity contribution in [2.75, 3.05) is 52.4 Å². The van der Waals surface area contributed by atoms with Gasteiger partial charge in [0.25, 0.3) is 0 Å². The molecule has 1 aliphatic rings. The number of rotatable bonds is 8. The van der Waals surface area contributed by atoms with Gasteiger partial charge in [0, 0.05) is 45.1 Å². The van der Waals surface area contributed by atoms with Crippen LogP contribution in [0.4, 0.5) is 0 Å². The number of aromatic nitrogens is 1. The number of carbonyl (C=O) groups is 2. The van der Waals surface area contributed by atoms with Crippen LogP contribution in [0.1, 0.15) is 19.4 Å². The topological polar surface area (TPSA) is 68.8 Å². The lowest BCUT2D eigenvalue weighted by atomic mass is 10.2. The van der Waals surface area contributed by atoms with Gasteiger partial charge in [-0.05, 0) is 24.7 Å². The van der Waals surface area contributed by atoms with Crippen LogP contribution in [0, 0.1) is 0 Å². The zero-order chi connectivity index (χ0) is 18.1. The van der Waals surface area contributed by atoms with Crippen LogP contribution >= 0.6 is 0 Å². The van der Waals surface area contributed by atoms with Gasteiger partial charge in [0.05, 0.1) is 13.1 Å².